The number of methoxy groups -OCH3 is 2. The van der Waals surface area contributed by atoms with Crippen LogP contribution >= 0.6 is 0 Å². The van der Waals surface area contributed by atoms with Gasteiger partial charge in [-0.1, -0.05) is 19.9 Å². The third kappa shape index (κ3) is 4.37. The van der Waals surface area contributed by atoms with Gasteiger partial charge in [-0.3, -0.25) is 4.79 Å². The number of carbonyl (C=O) groups excluding carboxylic acids is 1. The number of pyridine rings is 1. The van der Waals surface area contributed by atoms with E-state index in [2.05, 4.69) is 19.2 Å². The Kier molecular flexibility index (Phi) is 6.55. The summed E-state index contributed by atoms with van der Waals surface area (Å²) >= 11 is 0. The van der Waals surface area contributed by atoms with Crippen molar-refractivity contribution in [1.29, 1.82) is 0 Å². The van der Waals surface area contributed by atoms with Crippen molar-refractivity contribution >= 4 is 22.7 Å². The molecule has 1 heterocycles. The first-order valence-electron chi connectivity index (χ1n) is 9.94. The normalized spacial score (nSPS) is 11.0. The molecule has 6 heteroatoms. The zero-order valence-corrected chi connectivity index (χ0v) is 18.0. The lowest BCUT2D eigenvalue weighted by Gasteiger charge is -2.21. The van der Waals surface area contributed by atoms with Crippen LogP contribution in [0.15, 0.2) is 36.4 Å². The van der Waals surface area contributed by atoms with Crippen molar-refractivity contribution in [2.75, 3.05) is 26.1 Å². The molecule has 3 aromatic rings. The topological polar surface area (TPSA) is 60.5 Å². The number of esters is 1. The molecule has 0 aliphatic heterocycles. The van der Waals surface area contributed by atoms with Gasteiger partial charge in [-0.05, 0) is 53.8 Å². The first kappa shape index (κ1) is 21.6. The lowest BCUT2D eigenvalue weighted by molar-refractivity contribution is -0.140. The fraction of sp³-hybridized carbons (Fsp3) is 0.333. The van der Waals surface area contributed by atoms with Crippen molar-refractivity contribution in [3.05, 3.63) is 53.3 Å². The predicted octanol–water partition coefficient (Wildman–Crippen LogP) is 5.46. The number of aromatic nitrogens is 1. The molecular weight excluding hydrogens is 383 g/mol. The van der Waals surface area contributed by atoms with Crippen LogP contribution in [0.3, 0.4) is 0 Å². The van der Waals surface area contributed by atoms with Crippen molar-refractivity contribution in [2.45, 2.75) is 33.1 Å². The third-order valence-electron chi connectivity index (χ3n) is 5.10. The van der Waals surface area contributed by atoms with E-state index in [1.165, 1.54) is 13.2 Å². The number of rotatable bonds is 7. The molecule has 1 aromatic heterocycles. The number of nitrogens with zero attached hydrogens (tertiary/aromatic N) is 1. The smallest absolute Gasteiger partial charge is 0.307 e. The third-order valence-corrected chi connectivity index (χ3v) is 5.10. The van der Waals surface area contributed by atoms with Crippen LogP contribution in [0.4, 0.5) is 10.2 Å². The van der Waals surface area contributed by atoms with Gasteiger partial charge in [0.25, 0.3) is 0 Å². The van der Waals surface area contributed by atoms with Gasteiger partial charge in [-0.15, -0.1) is 0 Å². The zero-order valence-electron chi connectivity index (χ0n) is 18.0. The molecular formula is C24H27FN2O3. The van der Waals surface area contributed by atoms with Gasteiger partial charge in [-0.25, -0.2) is 9.37 Å². The van der Waals surface area contributed by atoms with E-state index < -0.39 is 0 Å². The van der Waals surface area contributed by atoms with Crippen LogP contribution in [0.5, 0.6) is 5.75 Å². The number of nitrogens with one attached hydrogen (secondary N) is 1. The second-order valence-corrected chi connectivity index (χ2v) is 7.50. The average Bonchev–Trinajstić information content (AvgIpc) is 2.73. The summed E-state index contributed by atoms with van der Waals surface area (Å²) in [5.41, 5.74) is 4.29. The Bertz CT molecular complexity index is 1080. The minimum absolute atomic E-state index is 0.144. The Morgan fingerprint density at radius 1 is 1.17 bits per heavy atom. The van der Waals surface area contributed by atoms with Crippen LogP contribution in [-0.2, 0) is 9.53 Å². The first-order valence-corrected chi connectivity index (χ1v) is 9.94. The number of aryl methyl sites for hydroxylation is 1. The van der Waals surface area contributed by atoms with Gasteiger partial charge >= 0.3 is 5.97 Å². The maximum Gasteiger partial charge on any atom is 0.307 e. The predicted molar refractivity (Wildman–Crippen MR) is 118 cm³/mol. The highest BCUT2D eigenvalue weighted by atomic mass is 19.1. The summed E-state index contributed by atoms with van der Waals surface area (Å²) < 4.78 is 24.1. The molecule has 158 valence electrons. The van der Waals surface area contributed by atoms with Gasteiger partial charge in [0.1, 0.15) is 17.4 Å². The summed E-state index contributed by atoms with van der Waals surface area (Å²) in [7, 11) is 2.99. The van der Waals surface area contributed by atoms with E-state index in [1.54, 1.807) is 20.1 Å². The molecule has 0 radical (unpaired) electrons. The maximum absolute atomic E-state index is 14.0. The van der Waals surface area contributed by atoms with E-state index in [4.69, 9.17) is 14.5 Å². The van der Waals surface area contributed by atoms with Crippen molar-refractivity contribution in [3.63, 3.8) is 0 Å². The molecule has 0 atom stereocenters. The summed E-state index contributed by atoms with van der Waals surface area (Å²) in [6, 6.07) is 10.9. The largest absolute Gasteiger partial charge is 0.497 e. The van der Waals surface area contributed by atoms with E-state index in [1.807, 2.05) is 24.3 Å². The maximum atomic E-state index is 14.0. The number of hydrogen-bond donors (Lipinski definition) is 1. The van der Waals surface area contributed by atoms with Crippen molar-refractivity contribution in [1.82, 2.24) is 4.98 Å². The van der Waals surface area contributed by atoms with Gasteiger partial charge in [0.05, 0.1) is 26.2 Å². The minimum atomic E-state index is -0.287. The highest BCUT2D eigenvalue weighted by Crippen LogP contribution is 2.40. The number of halogens is 1. The molecule has 0 amide bonds. The molecule has 3 rings (SSSR count). The molecule has 0 aliphatic carbocycles. The molecule has 0 unspecified atom stereocenters. The number of anilines is 1. The van der Waals surface area contributed by atoms with Crippen molar-refractivity contribution in [2.24, 2.45) is 0 Å². The number of carbonyl (C=O) groups is 1. The van der Waals surface area contributed by atoms with Crippen LogP contribution in [0.1, 0.15) is 37.3 Å². The monoisotopic (exact) mass is 410 g/mol. The SMILES string of the molecule is COC(=O)CCNc1nc2cc(OC)ccc2c(-c2ccc(F)c(C)c2)c1C(C)C. The lowest BCUT2D eigenvalue weighted by Crippen LogP contribution is -2.13. The molecule has 1 N–H and O–H groups in total. The van der Waals surface area contributed by atoms with E-state index in [0.29, 0.717) is 23.7 Å². The lowest BCUT2D eigenvalue weighted by atomic mass is 9.89. The van der Waals surface area contributed by atoms with Gasteiger partial charge in [-0.2, -0.15) is 0 Å². The Labute approximate surface area is 176 Å². The molecule has 0 fully saturated rings. The van der Waals surface area contributed by atoms with Gasteiger partial charge in [0.2, 0.25) is 0 Å². The second-order valence-electron chi connectivity index (χ2n) is 7.50. The van der Waals surface area contributed by atoms with E-state index in [0.717, 1.165) is 27.6 Å². The Balaban J connectivity index is 2.24. The average molecular weight is 410 g/mol. The standard InChI is InChI=1S/C24H27FN2O3/c1-14(2)22-23(16-6-9-19(25)15(3)12-16)18-8-7-17(29-4)13-20(18)27-24(22)26-11-10-21(28)30-5/h6-9,12-14H,10-11H2,1-5H3,(H,26,27). The summed E-state index contributed by atoms with van der Waals surface area (Å²) in [6.45, 7) is 6.35. The molecule has 0 spiro atoms. The van der Waals surface area contributed by atoms with Crippen LogP contribution in [0.2, 0.25) is 0 Å². The highest BCUT2D eigenvalue weighted by molar-refractivity contribution is 5.99. The van der Waals surface area contributed by atoms with Crippen LogP contribution < -0.4 is 10.1 Å². The highest BCUT2D eigenvalue weighted by Gasteiger charge is 2.20. The number of ether oxygens (including phenoxy) is 2. The first-order chi connectivity index (χ1) is 14.3. The summed E-state index contributed by atoms with van der Waals surface area (Å²) in [5.74, 6) is 1.03. The summed E-state index contributed by atoms with van der Waals surface area (Å²) in [4.78, 5) is 16.4. The molecule has 0 saturated carbocycles. The molecule has 5 nitrogen and oxygen atoms in total. The quantitative estimate of drug-likeness (QED) is 0.525. The Hall–Kier alpha value is -3.15. The Morgan fingerprint density at radius 2 is 1.93 bits per heavy atom. The number of fused-ring (bicyclic) bond motifs is 1. The summed E-state index contributed by atoms with van der Waals surface area (Å²) in [5, 5.41) is 4.26. The van der Waals surface area contributed by atoms with Crippen molar-refractivity contribution in [3.8, 4) is 16.9 Å². The van der Waals surface area contributed by atoms with E-state index in [-0.39, 0.29) is 24.1 Å². The van der Waals surface area contributed by atoms with E-state index in [9.17, 15) is 9.18 Å². The van der Waals surface area contributed by atoms with Gasteiger partial charge in [0.15, 0.2) is 0 Å². The van der Waals surface area contributed by atoms with Crippen molar-refractivity contribution < 1.29 is 18.7 Å². The van der Waals surface area contributed by atoms with E-state index >= 15 is 0 Å². The zero-order chi connectivity index (χ0) is 21.8. The molecule has 0 saturated heterocycles. The minimum Gasteiger partial charge on any atom is -0.497 e. The van der Waals surface area contributed by atoms with Crippen LogP contribution in [0, 0.1) is 12.7 Å². The molecule has 0 bridgehead atoms. The molecule has 2 aromatic carbocycles. The van der Waals surface area contributed by atoms with Gasteiger partial charge < -0.3 is 14.8 Å². The Morgan fingerprint density at radius 3 is 2.57 bits per heavy atom. The fourth-order valence-electron chi connectivity index (χ4n) is 3.58. The second kappa shape index (κ2) is 9.11. The van der Waals surface area contributed by atoms with Crippen LogP contribution in [-0.4, -0.2) is 31.7 Å². The van der Waals surface area contributed by atoms with Crippen LogP contribution in [0.25, 0.3) is 22.0 Å². The summed E-state index contributed by atoms with van der Waals surface area (Å²) in [6.07, 6.45) is 0.233. The number of hydrogen-bond acceptors (Lipinski definition) is 5. The number of benzene rings is 2. The molecule has 30 heavy (non-hydrogen) atoms. The fourth-order valence-corrected chi connectivity index (χ4v) is 3.58. The van der Waals surface area contributed by atoms with Gasteiger partial charge in [0, 0.05) is 23.6 Å². The molecule has 0 aliphatic rings.